The molecule has 9 nitrogen and oxygen atoms in total. The van der Waals surface area contributed by atoms with Crippen LogP contribution in [0.5, 0.6) is 11.5 Å². The fourth-order valence-electron chi connectivity index (χ4n) is 5.99. The number of fused-ring (bicyclic) bond motifs is 3. The molecule has 0 radical (unpaired) electrons. The van der Waals surface area contributed by atoms with Gasteiger partial charge in [-0.15, -0.1) is 0 Å². The van der Waals surface area contributed by atoms with Crippen LogP contribution in [0.3, 0.4) is 0 Å². The topological polar surface area (TPSA) is 138 Å². The molecule has 0 unspecified atom stereocenters. The van der Waals surface area contributed by atoms with Gasteiger partial charge in [-0.1, -0.05) is 23.8 Å². The molecule has 1 aromatic carbocycles. The van der Waals surface area contributed by atoms with Gasteiger partial charge in [-0.2, -0.15) is 0 Å². The van der Waals surface area contributed by atoms with Gasteiger partial charge in [0.25, 0.3) is 0 Å². The van der Waals surface area contributed by atoms with Crippen LogP contribution < -0.4 is 4.74 Å². The molecule has 1 fully saturated rings. The molecule has 0 spiro atoms. The number of Topliss-reactive ketones (excluding diaryl/α,β-unsaturated/α-hetero) is 1. The fraction of sp³-hybridized carbons (Fsp3) is 0.346. The smallest absolute Gasteiger partial charge is 0.305 e. The molecule has 2 amide bonds. The second kappa shape index (κ2) is 8.85. The fourth-order valence-corrected chi connectivity index (χ4v) is 6.44. The van der Waals surface area contributed by atoms with Crippen LogP contribution in [0.15, 0.2) is 51.6 Å². The van der Waals surface area contributed by atoms with E-state index in [2.05, 4.69) is 15.9 Å². The molecule has 36 heavy (non-hydrogen) atoms. The van der Waals surface area contributed by atoms with Crippen molar-refractivity contribution in [1.82, 2.24) is 4.90 Å². The second-order valence-electron chi connectivity index (χ2n) is 9.26. The molecule has 1 aliphatic heterocycles. The van der Waals surface area contributed by atoms with Crippen molar-refractivity contribution in [3.05, 3.63) is 57.1 Å². The number of phenolic OH excluding ortho intramolecular Hbond substituents is 1. The Kier molecular flexibility index (Phi) is 5.94. The maximum absolute atomic E-state index is 13.4. The minimum atomic E-state index is -1.12. The molecule has 1 saturated heterocycles. The minimum Gasteiger partial charge on any atom is -0.504 e. The van der Waals surface area contributed by atoms with Crippen LogP contribution in [-0.4, -0.2) is 58.1 Å². The zero-order chi connectivity index (χ0) is 25.9. The van der Waals surface area contributed by atoms with Crippen molar-refractivity contribution in [2.24, 2.45) is 17.8 Å². The first-order chi connectivity index (χ1) is 17.1. The van der Waals surface area contributed by atoms with E-state index in [0.717, 1.165) is 4.90 Å². The van der Waals surface area contributed by atoms with Gasteiger partial charge < -0.3 is 14.9 Å². The van der Waals surface area contributed by atoms with Crippen LogP contribution in [0.25, 0.3) is 0 Å². The van der Waals surface area contributed by atoms with Gasteiger partial charge in [-0.3, -0.25) is 28.9 Å². The molecule has 3 aliphatic carbocycles. The van der Waals surface area contributed by atoms with Gasteiger partial charge >= 0.3 is 5.97 Å². The van der Waals surface area contributed by atoms with Crippen molar-refractivity contribution in [3.63, 3.8) is 0 Å². The molecular formula is C26H22BrNO8. The maximum Gasteiger partial charge on any atom is 0.305 e. The average molecular weight is 556 g/mol. The Morgan fingerprint density at radius 1 is 1.17 bits per heavy atom. The summed E-state index contributed by atoms with van der Waals surface area (Å²) in [7, 11) is 1.40. The van der Waals surface area contributed by atoms with Gasteiger partial charge in [0.05, 0.1) is 29.8 Å². The summed E-state index contributed by atoms with van der Waals surface area (Å²) in [6, 6.07) is 4.89. The molecule has 10 heteroatoms. The lowest BCUT2D eigenvalue weighted by Crippen LogP contribution is -2.39. The van der Waals surface area contributed by atoms with Crippen molar-refractivity contribution in [1.29, 1.82) is 0 Å². The Labute approximate surface area is 214 Å². The lowest BCUT2D eigenvalue weighted by atomic mass is 9.59. The number of amides is 2. The van der Waals surface area contributed by atoms with Gasteiger partial charge in [0.15, 0.2) is 23.1 Å². The summed E-state index contributed by atoms with van der Waals surface area (Å²) in [5.74, 6) is -5.57. The third-order valence-electron chi connectivity index (χ3n) is 7.53. The Hall–Kier alpha value is -3.53. The summed E-state index contributed by atoms with van der Waals surface area (Å²) >= 11 is 3.17. The standard InChI is InChI=1S/C26H22BrNO8/c1-36-18-4-2-3-12(24(18)33)20-11-5-6-13-21(26(35)28(25(13)34)8-7-19(30)31)14(11)9-15-22(20)17(29)10-16(27)23(15)32/h2-5,10,13-14,20-21,33H,6-9H2,1H3,(H,30,31)/t13-,14+,20+,21-/m0/s1. The zero-order valence-electron chi connectivity index (χ0n) is 19.2. The van der Waals surface area contributed by atoms with Crippen molar-refractivity contribution in [2.75, 3.05) is 13.7 Å². The Bertz CT molecular complexity index is 1340. The zero-order valence-corrected chi connectivity index (χ0v) is 20.8. The largest absolute Gasteiger partial charge is 0.504 e. The maximum atomic E-state index is 13.4. The first-order valence-electron chi connectivity index (χ1n) is 11.5. The highest BCUT2D eigenvalue weighted by Crippen LogP contribution is 2.56. The number of hydrogen-bond acceptors (Lipinski definition) is 7. The predicted octanol–water partition coefficient (Wildman–Crippen LogP) is 2.64. The van der Waals surface area contributed by atoms with E-state index in [1.807, 2.05) is 6.08 Å². The molecule has 4 atom stereocenters. The van der Waals surface area contributed by atoms with Crippen molar-refractivity contribution in [3.8, 4) is 11.5 Å². The molecule has 4 aliphatic rings. The number of aliphatic carboxylic acids is 1. The summed E-state index contributed by atoms with van der Waals surface area (Å²) in [5, 5.41) is 20.0. The summed E-state index contributed by atoms with van der Waals surface area (Å²) in [6.45, 7) is -0.220. The second-order valence-corrected chi connectivity index (χ2v) is 10.1. The molecule has 1 aromatic rings. The lowest BCUT2D eigenvalue weighted by molar-refractivity contribution is -0.142. The normalized spacial score (nSPS) is 27.3. The van der Waals surface area contributed by atoms with E-state index in [1.54, 1.807) is 18.2 Å². The molecule has 0 bridgehead atoms. The highest BCUT2D eigenvalue weighted by atomic mass is 79.9. The minimum absolute atomic E-state index is 0.0862. The first kappa shape index (κ1) is 24.2. The number of carbonyl (C=O) groups excluding carboxylic acids is 4. The van der Waals surface area contributed by atoms with Crippen LogP contribution >= 0.6 is 15.9 Å². The van der Waals surface area contributed by atoms with Crippen molar-refractivity contribution in [2.45, 2.75) is 25.2 Å². The number of ether oxygens (including phenoxy) is 1. The molecule has 0 saturated carbocycles. The number of carboxylic acids is 1. The number of nitrogens with zero attached hydrogens (tertiary/aromatic N) is 1. The first-order valence-corrected chi connectivity index (χ1v) is 12.3. The number of ketones is 2. The predicted molar refractivity (Wildman–Crippen MR) is 128 cm³/mol. The van der Waals surface area contributed by atoms with E-state index in [0.29, 0.717) is 11.1 Å². The number of aromatic hydroxyl groups is 1. The third-order valence-corrected chi connectivity index (χ3v) is 8.12. The molecule has 0 aromatic heterocycles. The summed E-state index contributed by atoms with van der Waals surface area (Å²) in [4.78, 5) is 65.0. The quantitative estimate of drug-likeness (QED) is 0.321. The number of phenols is 1. The number of allylic oxidation sites excluding steroid dienone is 6. The summed E-state index contributed by atoms with van der Waals surface area (Å²) in [6.07, 6.45) is 3.01. The Morgan fingerprint density at radius 2 is 1.92 bits per heavy atom. The number of halogens is 1. The summed E-state index contributed by atoms with van der Waals surface area (Å²) < 4.78 is 5.37. The van der Waals surface area contributed by atoms with E-state index >= 15 is 0 Å². The van der Waals surface area contributed by atoms with Crippen LogP contribution in [0.4, 0.5) is 0 Å². The number of methoxy groups -OCH3 is 1. The highest BCUT2D eigenvalue weighted by Gasteiger charge is 2.56. The van der Waals surface area contributed by atoms with E-state index in [1.165, 1.54) is 13.2 Å². The third kappa shape index (κ3) is 3.54. The molecule has 5 rings (SSSR count). The molecule has 186 valence electrons. The van der Waals surface area contributed by atoms with Crippen molar-refractivity contribution < 1.29 is 38.9 Å². The van der Waals surface area contributed by atoms with Gasteiger partial charge in [-0.25, -0.2) is 0 Å². The Balaban J connectivity index is 1.65. The van der Waals surface area contributed by atoms with Crippen LogP contribution in [0, 0.1) is 17.8 Å². The molecule has 1 heterocycles. The van der Waals surface area contributed by atoms with E-state index in [9.17, 15) is 29.1 Å². The number of carboxylic acid groups (broad SMARTS) is 1. The van der Waals surface area contributed by atoms with Gasteiger partial charge in [0, 0.05) is 35.2 Å². The van der Waals surface area contributed by atoms with Crippen LogP contribution in [0.1, 0.15) is 30.7 Å². The molecule has 2 N–H and O–H groups in total. The van der Waals surface area contributed by atoms with Gasteiger partial charge in [0.1, 0.15) is 0 Å². The number of benzene rings is 1. The van der Waals surface area contributed by atoms with E-state index in [-0.39, 0.29) is 64.5 Å². The van der Waals surface area contributed by atoms with Gasteiger partial charge in [-0.05, 0) is 40.8 Å². The number of likely N-dealkylation sites (tertiary alicyclic amines) is 1. The number of hydrogen-bond donors (Lipinski definition) is 2. The van der Waals surface area contributed by atoms with E-state index < -0.39 is 41.5 Å². The van der Waals surface area contributed by atoms with E-state index in [4.69, 9.17) is 9.84 Å². The lowest BCUT2D eigenvalue weighted by Gasteiger charge is -2.42. The molecular weight excluding hydrogens is 534 g/mol. The summed E-state index contributed by atoms with van der Waals surface area (Å²) in [5.41, 5.74) is 1.54. The Morgan fingerprint density at radius 3 is 2.61 bits per heavy atom. The number of carbonyl (C=O) groups is 5. The average Bonchev–Trinajstić information content (AvgIpc) is 3.09. The van der Waals surface area contributed by atoms with Crippen molar-refractivity contribution >= 4 is 45.3 Å². The SMILES string of the molecule is COc1cccc([C@H]2C3=CC[C@@H]4C(=O)N(CCC(=O)O)C(=O)[C@@H]4[C@@H]3CC3=C2C(=O)C=C(Br)C3=O)c1O. The highest BCUT2D eigenvalue weighted by molar-refractivity contribution is 9.12. The number of imide groups is 1. The van der Waals surface area contributed by atoms with Crippen LogP contribution in [0.2, 0.25) is 0 Å². The monoisotopic (exact) mass is 555 g/mol. The number of rotatable bonds is 5. The van der Waals surface area contributed by atoms with Gasteiger partial charge in [0.2, 0.25) is 11.8 Å². The number of para-hydroxylation sites is 1. The van der Waals surface area contributed by atoms with Crippen LogP contribution in [-0.2, 0) is 24.0 Å².